The van der Waals surface area contributed by atoms with Gasteiger partial charge in [-0.3, -0.25) is 9.59 Å². The van der Waals surface area contributed by atoms with Crippen LogP contribution >= 0.6 is 0 Å². The van der Waals surface area contributed by atoms with E-state index < -0.39 is 12.1 Å². The van der Waals surface area contributed by atoms with E-state index in [4.69, 9.17) is 9.72 Å². The molecule has 2 amide bonds. The number of aliphatic hydroxyl groups excluding tert-OH is 1. The number of hydrogen-bond acceptors (Lipinski definition) is 7. The van der Waals surface area contributed by atoms with Crippen LogP contribution in [-0.2, 0) is 38.7 Å². The Morgan fingerprint density at radius 3 is 2.40 bits per heavy atom. The molecule has 2 aromatic heterocycles. The second kappa shape index (κ2) is 16.3. The van der Waals surface area contributed by atoms with Crippen LogP contribution in [0.1, 0.15) is 84.3 Å². The Hall–Kier alpha value is -5.57. The summed E-state index contributed by atoms with van der Waals surface area (Å²) in [6, 6.07) is 11.0. The Bertz CT molecular complexity index is 1730. The minimum atomic E-state index is -1.50. The quantitative estimate of drug-likeness (QED) is 0.0914. The van der Waals surface area contributed by atoms with Gasteiger partial charge in [0, 0.05) is 27.6 Å². The molecule has 1 unspecified atom stereocenters. The van der Waals surface area contributed by atoms with Gasteiger partial charge < -0.3 is 29.8 Å². The maximum atomic E-state index is 13.3. The summed E-state index contributed by atoms with van der Waals surface area (Å²) in [4.78, 5) is 52.8. The first-order valence-electron chi connectivity index (χ1n) is 14.8. The second-order valence-corrected chi connectivity index (χ2v) is 9.00. The fraction of sp³-hybridized carbons (Fsp3) is 0.382. The minimum absolute atomic E-state index is 0. The van der Waals surface area contributed by atoms with Crippen LogP contribution in [0.25, 0.3) is 33.1 Å². The van der Waals surface area contributed by atoms with Gasteiger partial charge in [-0.2, -0.15) is 6.41 Å². The van der Waals surface area contributed by atoms with Gasteiger partial charge in [0.15, 0.2) is 6.10 Å². The molecule has 0 saturated carbocycles. The van der Waals surface area contributed by atoms with E-state index in [2.05, 4.69) is 10.6 Å². The van der Waals surface area contributed by atoms with Crippen LogP contribution in [0, 0.1) is 0 Å². The summed E-state index contributed by atoms with van der Waals surface area (Å²) in [6.07, 6.45) is 0.652. The number of rotatable bonds is 5. The van der Waals surface area contributed by atoms with Crippen LogP contribution in [0.2, 0.25) is 0 Å². The van der Waals surface area contributed by atoms with Gasteiger partial charge >= 0.3 is 5.97 Å². The zero-order valence-electron chi connectivity index (χ0n) is 26.0. The van der Waals surface area contributed by atoms with Gasteiger partial charge in [-0.1, -0.05) is 74.1 Å². The predicted molar refractivity (Wildman–Crippen MR) is 175 cm³/mol. The molecule has 6 rings (SSSR count). The number of nitrogens with one attached hydrogen (secondary N) is 2. The molecule has 2 aliphatic rings. The number of aromatic nitrogens is 2. The third-order valence-corrected chi connectivity index (χ3v) is 7.04. The topological polar surface area (TPSA) is 140 Å². The van der Waals surface area contributed by atoms with E-state index in [1.165, 1.54) is 6.41 Å². The molecular formula is C34H43FmN4O6-. The number of nitrogens with zero attached hydrogens (tertiary/aromatic N) is 2. The van der Waals surface area contributed by atoms with Crippen molar-refractivity contribution in [2.45, 2.75) is 81.6 Å². The van der Waals surface area contributed by atoms with Crippen LogP contribution in [-0.4, -0.2) is 39.5 Å². The molecule has 4 aromatic rings. The Morgan fingerprint density at radius 2 is 1.76 bits per heavy atom. The van der Waals surface area contributed by atoms with E-state index in [1.807, 2.05) is 72.7 Å². The summed E-state index contributed by atoms with van der Waals surface area (Å²) in [5.41, 5.74) is 4.70. The molecule has 45 heavy (non-hydrogen) atoms. The number of fused-ring (bicyclic) bond motifs is 7. The molecule has 0 radical (unpaired) electrons. The minimum Gasteiger partial charge on any atom is -0.522 e. The molecular weight excluding hydrogens is 817 g/mol. The first-order valence-corrected chi connectivity index (χ1v) is 14.8. The third kappa shape index (κ3) is 6.52. The largest absolute Gasteiger partial charge is 0.522 e. The fourth-order valence-corrected chi connectivity index (χ4v) is 5.39. The van der Waals surface area contributed by atoms with E-state index in [0.717, 1.165) is 32.8 Å². The van der Waals surface area contributed by atoms with Crippen molar-refractivity contribution in [1.82, 2.24) is 14.9 Å². The molecule has 0 aliphatic carbocycles. The van der Waals surface area contributed by atoms with Crippen LogP contribution in [0.3, 0.4) is 0 Å². The zero-order chi connectivity index (χ0) is 31.8. The fourth-order valence-electron chi connectivity index (χ4n) is 5.39. The van der Waals surface area contributed by atoms with Crippen molar-refractivity contribution in [3.05, 3.63) is 69.0 Å². The monoisotopic (exact) mass is 860 g/mol. The predicted octanol–water partition coefficient (Wildman–Crippen LogP) is 5.54. The molecule has 0 saturated heterocycles. The van der Waals surface area contributed by atoms with Crippen LogP contribution in [0.4, 0.5) is 5.69 Å². The van der Waals surface area contributed by atoms with Crippen LogP contribution < -0.4 is 16.2 Å². The number of esters is 1. The molecule has 10 nitrogen and oxygen atoms in total. The van der Waals surface area contributed by atoms with Crippen molar-refractivity contribution in [2.24, 2.45) is 0 Å². The van der Waals surface area contributed by atoms with E-state index in [0.29, 0.717) is 30.0 Å². The number of amides is 2. The summed E-state index contributed by atoms with van der Waals surface area (Å²) in [5.74, 6) is -1.15. The van der Waals surface area contributed by atoms with E-state index in [-0.39, 0.29) is 43.2 Å². The molecule has 3 N–H and O–H groups in total. The first kappa shape index (κ1) is 37.5. The van der Waals surface area contributed by atoms with Gasteiger partial charge in [0.1, 0.15) is 6.61 Å². The van der Waals surface area contributed by atoms with E-state index in [9.17, 15) is 24.3 Å². The molecule has 2 aliphatic heterocycles. The van der Waals surface area contributed by atoms with E-state index >= 15 is 0 Å². The number of ether oxygens (including phenoxy) is 1. The average molecular weight is 861 g/mol. The average Bonchev–Trinajstić information content (AvgIpc) is 3.42. The maximum Gasteiger partial charge on any atom is 0.340 e. The third-order valence-electron chi connectivity index (χ3n) is 7.04. The summed E-state index contributed by atoms with van der Waals surface area (Å²) in [5, 5.41) is 18.1. The smallest absolute Gasteiger partial charge is 0.340 e. The first-order chi connectivity index (χ1) is 20.9. The number of carbonyl (C=O) groups excluding carboxylic acids is 3. The van der Waals surface area contributed by atoms with Crippen molar-refractivity contribution in [3.63, 3.8) is 0 Å². The number of carbonyl (C=O) groups is 2. The number of anilines is 1. The molecule has 11 heteroatoms. The standard InChI is InChI=1S/C27H21N4O6.3C2H6.CH4.Fm/c1-2-13-17-10-31-21(8-16-18(26(31)35)11-37-27(36)25(16)34)24(17)30-20-7-6-14-15(23(13)20)4-3-5-19(14)29-22(33)9-28-12-32;3*1-2;;/h3-8,25,34H,2,9-11H2,1H3,(H,28,32)(H,29,33);3*1-2H3;1H4;/q-1;;;;;. The van der Waals surface area contributed by atoms with Gasteiger partial charge in [-0.25, -0.2) is 9.78 Å². The van der Waals surface area contributed by atoms with Gasteiger partial charge in [-0.05, 0) is 35.6 Å². The number of pyridine rings is 2. The number of aliphatic hydroxyl groups is 1. The summed E-state index contributed by atoms with van der Waals surface area (Å²) in [6.45, 7) is 14.0. The molecule has 1 atom stereocenters. The van der Waals surface area contributed by atoms with Gasteiger partial charge in [0.25, 0.3) is 5.56 Å². The Balaban J connectivity index is 0.00000120. The van der Waals surface area contributed by atoms with Crippen molar-refractivity contribution in [2.75, 3.05) is 11.9 Å². The van der Waals surface area contributed by atoms with Crippen LogP contribution in [0.5, 0.6) is 0 Å². The maximum absolute atomic E-state index is 13.3. The molecule has 4 heterocycles. The zero-order valence-corrected chi connectivity index (χ0v) is 28.4. The Morgan fingerprint density at radius 1 is 1.07 bits per heavy atom. The van der Waals surface area contributed by atoms with Crippen molar-refractivity contribution >= 4 is 45.6 Å². The Kier molecular flexibility index (Phi) is 13.6. The summed E-state index contributed by atoms with van der Waals surface area (Å²) < 4.78 is 6.60. The van der Waals surface area contributed by atoms with Crippen molar-refractivity contribution < 1.29 is 24.2 Å². The summed E-state index contributed by atoms with van der Waals surface area (Å²) in [7, 11) is 0. The van der Waals surface area contributed by atoms with Gasteiger partial charge in [0.2, 0.25) is 5.91 Å². The number of benzene rings is 2. The van der Waals surface area contributed by atoms with E-state index in [1.54, 1.807) is 16.7 Å². The molecule has 0 fully saturated rings. The van der Waals surface area contributed by atoms with Crippen LogP contribution in [0.15, 0.2) is 41.2 Å². The Labute approximate surface area is 258 Å². The number of hydrogen-bond donors (Lipinski definition) is 3. The van der Waals surface area contributed by atoms with Gasteiger partial charge in [-0.15, -0.1) is 0 Å². The van der Waals surface area contributed by atoms with Crippen molar-refractivity contribution in [3.8, 4) is 11.4 Å². The summed E-state index contributed by atoms with van der Waals surface area (Å²) >= 11 is 0. The molecule has 2 aromatic carbocycles. The second-order valence-electron chi connectivity index (χ2n) is 9.00. The molecule has 0 spiro atoms. The molecule has 0 bridgehead atoms. The molecule has 248 valence electrons. The van der Waals surface area contributed by atoms with Gasteiger partial charge in [0.05, 0.1) is 35.6 Å². The SMILES string of the molecule is C.CC.CC.CC.CCc1c2c(nc3ccc4c(NC(=O)CN[C-]=O)cccc4c13)-c1cc3c(c(=O)n1C2)COC(=O)C3O.[Fm]. The number of cyclic esters (lactones) is 1. The normalized spacial score (nSPS) is 13.2. The number of aryl methyl sites for hydroxylation is 1. The van der Waals surface area contributed by atoms with Crippen molar-refractivity contribution in [1.29, 1.82) is 0 Å².